The number of anilines is 1. The standard InChI is InChI=1S/C19H21N3O3/c1-3-10-20-19(24)22(11-4-2)16-12-17(21-13-16)18(23)25-14-15-8-6-5-7-9-15/h3-9,12-13,21H,1-2,10-11,14H2,(H,20,24). The number of urea groups is 1. The second kappa shape index (κ2) is 9.12. The zero-order valence-corrected chi connectivity index (χ0v) is 13.9. The van der Waals surface area contributed by atoms with E-state index >= 15 is 0 Å². The van der Waals surface area contributed by atoms with Crippen molar-refractivity contribution in [1.29, 1.82) is 0 Å². The molecule has 0 aliphatic heterocycles. The molecule has 0 spiro atoms. The number of ether oxygens (including phenoxy) is 1. The summed E-state index contributed by atoms with van der Waals surface area (Å²) in [5, 5.41) is 2.69. The fourth-order valence-corrected chi connectivity index (χ4v) is 2.15. The number of H-pyrrole nitrogens is 1. The van der Waals surface area contributed by atoms with Gasteiger partial charge in [0, 0.05) is 19.3 Å². The lowest BCUT2D eigenvalue weighted by Gasteiger charge is -2.19. The Balaban J connectivity index is 2.03. The van der Waals surface area contributed by atoms with Gasteiger partial charge in [0.25, 0.3) is 0 Å². The Hall–Kier alpha value is -3.28. The third-order valence-corrected chi connectivity index (χ3v) is 3.37. The highest BCUT2D eigenvalue weighted by Gasteiger charge is 2.18. The summed E-state index contributed by atoms with van der Waals surface area (Å²) >= 11 is 0. The number of nitrogens with zero attached hydrogens (tertiary/aromatic N) is 1. The number of carbonyl (C=O) groups is 2. The first-order valence-corrected chi connectivity index (χ1v) is 7.82. The Bertz CT molecular complexity index is 737. The van der Waals surface area contributed by atoms with Crippen molar-refractivity contribution in [3.63, 3.8) is 0 Å². The van der Waals surface area contributed by atoms with Crippen LogP contribution in [-0.4, -0.2) is 30.1 Å². The molecular weight excluding hydrogens is 318 g/mol. The predicted molar refractivity (Wildman–Crippen MR) is 97.5 cm³/mol. The van der Waals surface area contributed by atoms with Crippen LogP contribution in [0.25, 0.3) is 0 Å². The number of rotatable bonds is 8. The van der Waals surface area contributed by atoms with Crippen LogP contribution in [0.3, 0.4) is 0 Å². The Morgan fingerprint density at radius 3 is 2.64 bits per heavy atom. The summed E-state index contributed by atoms with van der Waals surface area (Å²) in [4.78, 5) is 28.6. The predicted octanol–water partition coefficient (Wildman–Crippen LogP) is 3.26. The third-order valence-electron chi connectivity index (χ3n) is 3.37. The van der Waals surface area contributed by atoms with Crippen LogP contribution < -0.4 is 10.2 Å². The number of aromatic nitrogens is 1. The molecule has 1 aromatic carbocycles. The average Bonchev–Trinajstić information content (AvgIpc) is 3.13. The van der Waals surface area contributed by atoms with E-state index in [0.717, 1.165) is 5.56 Å². The second-order valence-corrected chi connectivity index (χ2v) is 5.21. The van der Waals surface area contributed by atoms with Crippen molar-refractivity contribution in [3.8, 4) is 0 Å². The maximum Gasteiger partial charge on any atom is 0.355 e. The molecule has 2 aromatic rings. The molecule has 6 heteroatoms. The highest BCUT2D eigenvalue weighted by Crippen LogP contribution is 2.17. The van der Waals surface area contributed by atoms with Gasteiger partial charge in [0.05, 0.1) is 5.69 Å². The smallest absolute Gasteiger partial charge is 0.355 e. The summed E-state index contributed by atoms with van der Waals surface area (Å²) in [7, 11) is 0. The maximum atomic E-state index is 12.2. The number of hydrogen-bond donors (Lipinski definition) is 2. The minimum atomic E-state index is -0.486. The van der Waals surface area contributed by atoms with Gasteiger partial charge in [-0.15, -0.1) is 13.2 Å². The van der Waals surface area contributed by atoms with Gasteiger partial charge in [-0.1, -0.05) is 42.5 Å². The molecule has 130 valence electrons. The Labute approximate surface area is 146 Å². The summed E-state index contributed by atoms with van der Waals surface area (Å²) in [6.07, 6.45) is 4.78. The van der Waals surface area contributed by atoms with Crippen molar-refractivity contribution in [2.75, 3.05) is 18.0 Å². The molecule has 2 amide bonds. The average molecular weight is 339 g/mol. The lowest BCUT2D eigenvalue weighted by Crippen LogP contribution is -2.40. The highest BCUT2D eigenvalue weighted by atomic mass is 16.5. The lowest BCUT2D eigenvalue weighted by atomic mass is 10.2. The van der Waals surface area contributed by atoms with Crippen LogP contribution in [-0.2, 0) is 11.3 Å². The highest BCUT2D eigenvalue weighted by molar-refractivity contribution is 5.95. The number of esters is 1. The van der Waals surface area contributed by atoms with E-state index in [1.54, 1.807) is 24.4 Å². The molecule has 0 fully saturated rings. The van der Waals surface area contributed by atoms with E-state index in [-0.39, 0.29) is 18.3 Å². The van der Waals surface area contributed by atoms with Crippen molar-refractivity contribution in [1.82, 2.24) is 10.3 Å². The fraction of sp³-hybridized carbons (Fsp3) is 0.158. The SMILES string of the molecule is C=CCNC(=O)N(CC=C)c1c[nH]c(C(=O)OCc2ccccc2)c1. The van der Waals surface area contributed by atoms with Gasteiger partial charge >= 0.3 is 12.0 Å². The largest absolute Gasteiger partial charge is 0.456 e. The number of amides is 2. The van der Waals surface area contributed by atoms with Gasteiger partial charge in [-0.3, -0.25) is 4.90 Å². The van der Waals surface area contributed by atoms with Crippen LogP contribution in [0, 0.1) is 0 Å². The summed E-state index contributed by atoms with van der Waals surface area (Å²) in [5.41, 5.74) is 1.73. The Morgan fingerprint density at radius 2 is 1.96 bits per heavy atom. The maximum absolute atomic E-state index is 12.2. The van der Waals surface area contributed by atoms with Gasteiger partial charge in [0.2, 0.25) is 0 Å². The van der Waals surface area contributed by atoms with Crippen molar-refractivity contribution in [3.05, 3.63) is 79.2 Å². The zero-order chi connectivity index (χ0) is 18.1. The molecule has 6 nitrogen and oxygen atoms in total. The summed E-state index contributed by atoms with van der Waals surface area (Å²) in [5.74, 6) is -0.486. The molecule has 0 unspecified atom stereocenters. The van der Waals surface area contributed by atoms with E-state index in [2.05, 4.69) is 23.5 Å². The van der Waals surface area contributed by atoms with Crippen LogP contribution in [0.5, 0.6) is 0 Å². The van der Waals surface area contributed by atoms with Gasteiger partial charge in [-0.2, -0.15) is 0 Å². The van der Waals surface area contributed by atoms with Gasteiger partial charge in [-0.25, -0.2) is 9.59 Å². The van der Waals surface area contributed by atoms with Crippen LogP contribution >= 0.6 is 0 Å². The molecule has 0 saturated carbocycles. The van der Waals surface area contributed by atoms with Gasteiger partial charge < -0.3 is 15.0 Å². The molecule has 0 saturated heterocycles. The molecule has 2 rings (SSSR count). The molecule has 25 heavy (non-hydrogen) atoms. The first-order chi connectivity index (χ1) is 12.2. The topological polar surface area (TPSA) is 74.4 Å². The Kier molecular flexibility index (Phi) is 6.59. The zero-order valence-electron chi connectivity index (χ0n) is 13.9. The fourth-order valence-electron chi connectivity index (χ4n) is 2.15. The van der Waals surface area contributed by atoms with E-state index in [4.69, 9.17) is 4.74 Å². The molecule has 0 atom stereocenters. The normalized spacial score (nSPS) is 9.92. The van der Waals surface area contributed by atoms with Gasteiger partial charge in [-0.05, 0) is 11.6 Å². The van der Waals surface area contributed by atoms with E-state index < -0.39 is 5.97 Å². The first-order valence-electron chi connectivity index (χ1n) is 7.82. The lowest BCUT2D eigenvalue weighted by molar-refractivity contribution is 0.0466. The van der Waals surface area contributed by atoms with Gasteiger partial charge in [0.15, 0.2) is 0 Å². The van der Waals surface area contributed by atoms with Crippen LogP contribution in [0.4, 0.5) is 10.5 Å². The van der Waals surface area contributed by atoms with Crippen molar-refractivity contribution >= 4 is 17.7 Å². The second-order valence-electron chi connectivity index (χ2n) is 5.21. The van der Waals surface area contributed by atoms with E-state index in [9.17, 15) is 9.59 Å². The van der Waals surface area contributed by atoms with Crippen molar-refractivity contribution < 1.29 is 14.3 Å². The molecule has 0 aliphatic rings. The molecule has 1 heterocycles. The monoisotopic (exact) mass is 339 g/mol. The van der Waals surface area contributed by atoms with Crippen LogP contribution in [0.2, 0.25) is 0 Å². The molecule has 0 bridgehead atoms. The molecule has 0 aliphatic carbocycles. The van der Waals surface area contributed by atoms with E-state index in [1.807, 2.05) is 30.3 Å². The molecule has 2 N–H and O–H groups in total. The third kappa shape index (κ3) is 5.10. The summed E-state index contributed by atoms with van der Waals surface area (Å²) in [6, 6.07) is 10.7. The van der Waals surface area contributed by atoms with E-state index in [0.29, 0.717) is 18.8 Å². The number of benzene rings is 1. The minimum absolute atomic E-state index is 0.185. The van der Waals surface area contributed by atoms with Crippen molar-refractivity contribution in [2.45, 2.75) is 6.61 Å². The number of hydrogen-bond acceptors (Lipinski definition) is 3. The van der Waals surface area contributed by atoms with Crippen LogP contribution in [0.15, 0.2) is 67.9 Å². The molecule has 0 radical (unpaired) electrons. The van der Waals surface area contributed by atoms with E-state index in [1.165, 1.54) is 4.90 Å². The quantitative estimate of drug-likeness (QED) is 0.573. The molecular formula is C19H21N3O3. The summed E-state index contributed by atoms with van der Waals surface area (Å²) < 4.78 is 5.27. The summed E-state index contributed by atoms with van der Waals surface area (Å²) in [6.45, 7) is 8.05. The Morgan fingerprint density at radius 1 is 1.20 bits per heavy atom. The first kappa shape index (κ1) is 18.1. The molecule has 1 aromatic heterocycles. The minimum Gasteiger partial charge on any atom is -0.456 e. The van der Waals surface area contributed by atoms with Crippen molar-refractivity contribution in [2.24, 2.45) is 0 Å². The number of aromatic amines is 1. The number of nitrogens with one attached hydrogen (secondary N) is 2. The van der Waals surface area contributed by atoms with Gasteiger partial charge in [0.1, 0.15) is 12.3 Å². The van der Waals surface area contributed by atoms with Crippen LogP contribution in [0.1, 0.15) is 16.1 Å². The number of carbonyl (C=O) groups excluding carboxylic acids is 2.